The molecule has 0 amide bonds. The fraction of sp³-hybridized carbons (Fsp3) is 1.00. The van der Waals surface area contributed by atoms with E-state index in [1.54, 1.807) is 0 Å². The van der Waals surface area contributed by atoms with Crippen LogP contribution in [0, 0.1) is 5.41 Å². The lowest BCUT2D eigenvalue weighted by atomic mass is 9.83. The molecule has 10 heavy (non-hydrogen) atoms. The van der Waals surface area contributed by atoms with E-state index in [2.05, 4.69) is 27.7 Å². The van der Waals surface area contributed by atoms with Crippen molar-refractivity contribution < 1.29 is 0 Å². The highest BCUT2D eigenvalue weighted by Crippen LogP contribution is 2.25. The third kappa shape index (κ3) is 3.89. The van der Waals surface area contributed by atoms with Gasteiger partial charge in [-0.25, -0.2) is 0 Å². The summed E-state index contributed by atoms with van der Waals surface area (Å²) in [5.41, 5.74) is 6.27. The lowest BCUT2D eigenvalue weighted by molar-refractivity contribution is 0.290. The van der Waals surface area contributed by atoms with Gasteiger partial charge in [-0.3, -0.25) is 0 Å². The molecule has 0 rings (SSSR count). The van der Waals surface area contributed by atoms with Crippen molar-refractivity contribution in [2.24, 2.45) is 11.1 Å². The molecule has 0 aliphatic carbocycles. The van der Waals surface area contributed by atoms with Crippen LogP contribution in [-0.2, 0) is 0 Å². The summed E-state index contributed by atoms with van der Waals surface area (Å²) in [6.07, 6.45) is 3.48. The van der Waals surface area contributed by atoms with Crippen LogP contribution in [0.25, 0.3) is 0 Å². The molecule has 0 fully saturated rings. The molecule has 0 saturated carbocycles. The number of rotatable bonds is 4. The maximum atomic E-state index is 5.83. The largest absolute Gasteiger partial charge is 0.328 e. The molecule has 0 aliphatic heterocycles. The summed E-state index contributed by atoms with van der Waals surface area (Å²) in [5, 5.41) is 0. The zero-order chi connectivity index (χ0) is 8.20. The minimum Gasteiger partial charge on any atom is -0.328 e. The predicted octanol–water partition coefficient (Wildman–Crippen LogP) is 2.55. The van der Waals surface area contributed by atoms with Gasteiger partial charge in [0, 0.05) is 6.04 Å². The Morgan fingerprint density at radius 2 is 1.80 bits per heavy atom. The SMILES string of the molecule is CC[C@@H](N)CC(C)(C)CC. The Bertz CT molecular complexity index is 86.7. The molecule has 0 spiro atoms. The average molecular weight is 143 g/mol. The van der Waals surface area contributed by atoms with Crippen molar-refractivity contribution in [3.05, 3.63) is 0 Å². The zero-order valence-corrected chi connectivity index (χ0v) is 7.78. The van der Waals surface area contributed by atoms with Gasteiger partial charge in [0.1, 0.15) is 0 Å². The first-order valence-corrected chi connectivity index (χ1v) is 4.27. The minimum absolute atomic E-state index is 0.398. The molecular formula is C9H21N. The molecule has 1 nitrogen and oxygen atoms in total. The van der Waals surface area contributed by atoms with E-state index in [0.29, 0.717) is 11.5 Å². The van der Waals surface area contributed by atoms with Crippen molar-refractivity contribution in [3.63, 3.8) is 0 Å². The Kier molecular flexibility index (Phi) is 3.95. The Morgan fingerprint density at radius 3 is 2.10 bits per heavy atom. The van der Waals surface area contributed by atoms with Crippen LogP contribution in [0.1, 0.15) is 47.0 Å². The molecule has 0 bridgehead atoms. The normalized spacial score (nSPS) is 15.3. The van der Waals surface area contributed by atoms with Gasteiger partial charge in [0.25, 0.3) is 0 Å². The summed E-state index contributed by atoms with van der Waals surface area (Å²) in [7, 11) is 0. The first-order valence-electron chi connectivity index (χ1n) is 4.27. The number of nitrogens with two attached hydrogens (primary N) is 1. The summed E-state index contributed by atoms with van der Waals surface area (Å²) in [6, 6.07) is 0.398. The first kappa shape index (κ1) is 9.96. The maximum Gasteiger partial charge on any atom is 0.00412 e. The summed E-state index contributed by atoms with van der Waals surface area (Å²) >= 11 is 0. The number of hydrogen-bond acceptors (Lipinski definition) is 1. The molecule has 1 atom stereocenters. The molecule has 0 aliphatic rings. The van der Waals surface area contributed by atoms with Gasteiger partial charge in [-0.2, -0.15) is 0 Å². The van der Waals surface area contributed by atoms with Crippen molar-refractivity contribution in [2.75, 3.05) is 0 Å². The van der Waals surface area contributed by atoms with Crippen LogP contribution in [0.2, 0.25) is 0 Å². The van der Waals surface area contributed by atoms with E-state index in [0.717, 1.165) is 12.8 Å². The van der Waals surface area contributed by atoms with Crippen molar-refractivity contribution in [3.8, 4) is 0 Å². The van der Waals surface area contributed by atoms with E-state index in [1.165, 1.54) is 6.42 Å². The van der Waals surface area contributed by atoms with Gasteiger partial charge in [0.05, 0.1) is 0 Å². The molecule has 0 saturated heterocycles. The lowest BCUT2D eigenvalue weighted by Gasteiger charge is -2.25. The Balaban J connectivity index is 3.64. The molecule has 0 aromatic carbocycles. The molecule has 0 heterocycles. The Hall–Kier alpha value is -0.0400. The average Bonchev–Trinajstić information content (AvgIpc) is 1.87. The highest BCUT2D eigenvalue weighted by molar-refractivity contribution is 4.72. The second kappa shape index (κ2) is 3.97. The minimum atomic E-state index is 0.398. The van der Waals surface area contributed by atoms with Gasteiger partial charge in [-0.1, -0.05) is 34.1 Å². The summed E-state index contributed by atoms with van der Waals surface area (Å²) in [4.78, 5) is 0. The predicted molar refractivity (Wildman–Crippen MR) is 47.0 cm³/mol. The molecule has 0 unspecified atom stereocenters. The molecule has 2 N–H and O–H groups in total. The molecular weight excluding hydrogens is 122 g/mol. The second-order valence-electron chi connectivity index (χ2n) is 3.89. The van der Waals surface area contributed by atoms with E-state index < -0.39 is 0 Å². The van der Waals surface area contributed by atoms with Gasteiger partial charge < -0.3 is 5.73 Å². The van der Waals surface area contributed by atoms with Crippen molar-refractivity contribution in [2.45, 2.75) is 53.0 Å². The van der Waals surface area contributed by atoms with Crippen LogP contribution in [0.5, 0.6) is 0 Å². The maximum absolute atomic E-state index is 5.83. The van der Waals surface area contributed by atoms with Gasteiger partial charge >= 0.3 is 0 Å². The van der Waals surface area contributed by atoms with E-state index in [4.69, 9.17) is 5.73 Å². The van der Waals surface area contributed by atoms with E-state index in [1.807, 2.05) is 0 Å². The molecule has 0 aromatic rings. The highest BCUT2D eigenvalue weighted by atomic mass is 14.6. The standard InChI is InChI=1S/C9H21N/c1-5-8(10)7-9(3,4)6-2/h8H,5-7,10H2,1-4H3/t8-/m1/s1. The van der Waals surface area contributed by atoms with E-state index in [9.17, 15) is 0 Å². The third-order valence-corrected chi connectivity index (χ3v) is 2.30. The Morgan fingerprint density at radius 1 is 1.30 bits per heavy atom. The highest BCUT2D eigenvalue weighted by Gasteiger charge is 2.17. The lowest BCUT2D eigenvalue weighted by Crippen LogP contribution is -2.26. The van der Waals surface area contributed by atoms with Crippen molar-refractivity contribution in [1.82, 2.24) is 0 Å². The zero-order valence-electron chi connectivity index (χ0n) is 7.78. The summed E-state index contributed by atoms with van der Waals surface area (Å²) < 4.78 is 0. The van der Waals surface area contributed by atoms with Gasteiger partial charge in [0.2, 0.25) is 0 Å². The third-order valence-electron chi connectivity index (χ3n) is 2.30. The molecule has 0 radical (unpaired) electrons. The fourth-order valence-electron chi connectivity index (χ4n) is 0.998. The van der Waals surface area contributed by atoms with Crippen LogP contribution in [-0.4, -0.2) is 6.04 Å². The topological polar surface area (TPSA) is 26.0 Å². The molecule has 62 valence electrons. The number of hydrogen-bond donors (Lipinski definition) is 1. The van der Waals surface area contributed by atoms with Crippen LogP contribution < -0.4 is 5.73 Å². The van der Waals surface area contributed by atoms with Crippen LogP contribution in [0.4, 0.5) is 0 Å². The molecule has 1 heteroatoms. The van der Waals surface area contributed by atoms with Crippen molar-refractivity contribution >= 4 is 0 Å². The van der Waals surface area contributed by atoms with Crippen LogP contribution in [0.3, 0.4) is 0 Å². The quantitative estimate of drug-likeness (QED) is 0.643. The van der Waals surface area contributed by atoms with Crippen LogP contribution in [0.15, 0.2) is 0 Å². The second-order valence-corrected chi connectivity index (χ2v) is 3.89. The first-order chi connectivity index (χ1) is 4.52. The van der Waals surface area contributed by atoms with Gasteiger partial charge in [0.15, 0.2) is 0 Å². The van der Waals surface area contributed by atoms with Gasteiger partial charge in [-0.05, 0) is 18.3 Å². The van der Waals surface area contributed by atoms with E-state index in [-0.39, 0.29) is 0 Å². The van der Waals surface area contributed by atoms with Crippen molar-refractivity contribution in [1.29, 1.82) is 0 Å². The smallest absolute Gasteiger partial charge is 0.00412 e. The van der Waals surface area contributed by atoms with E-state index >= 15 is 0 Å². The van der Waals surface area contributed by atoms with Crippen LogP contribution >= 0.6 is 0 Å². The molecule has 0 aromatic heterocycles. The Labute approximate surface area is 65.0 Å². The summed E-state index contributed by atoms with van der Waals surface area (Å²) in [5.74, 6) is 0. The summed E-state index contributed by atoms with van der Waals surface area (Å²) in [6.45, 7) is 8.93. The van der Waals surface area contributed by atoms with Gasteiger partial charge in [-0.15, -0.1) is 0 Å². The fourth-order valence-corrected chi connectivity index (χ4v) is 0.998. The monoisotopic (exact) mass is 143 g/mol.